The number of hydrogen-bond donors (Lipinski definition) is 0. The van der Waals surface area contributed by atoms with E-state index in [0.717, 1.165) is 48.5 Å². The van der Waals surface area contributed by atoms with Crippen LogP contribution in [0, 0.1) is 0 Å². The minimum Gasteiger partial charge on any atom is -0.463 e. The van der Waals surface area contributed by atoms with Crippen LogP contribution >= 0.6 is 0 Å². The maximum absolute atomic E-state index is 12.1. The van der Waals surface area contributed by atoms with E-state index in [0.29, 0.717) is 0 Å². The number of carbonyl (C=O) groups is 7. The van der Waals surface area contributed by atoms with Gasteiger partial charge in [0.25, 0.3) is 0 Å². The van der Waals surface area contributed by atoms with E-state index in [9.17, 15) is 33.6 Å². The molecule has 254 valence electrons. The minimum absolute atomic E-state index is 0.509. The Bertz CT molecular complexity index is 1110. The highest BCUT2D eigenvalue weighted by Gasteiger charge is 2.56. The monoisotopic (exact) mass is 650 g/mol. The minimum atomic E-state index is -1.63. The molecule has 2 aliphatic rings. The SMILES string of the molecule is CO[C@@H]1O[C@@H](C(CO[C@@H]2OC(COC(C)=O)[C@H](OC(C)=O)C(OC(C)=O)C2OC(C)=O)OC(C)=O)C(OC(C)=O)C1OC(C)=O. The molecule has 0 N–H and O–H groups in total. The van der Waals surface area contributed by atoms with Gasteiger partial charge in [-0.05, 0) is 0 Å². The van der Waals surface area contributed by atoms with E-state index in [4.69, 9.17) is 52.1 Å². The Balaban J connectivity index is 2.50. The van der Waals surface area contributed by atoms with E-state index in [1.165, 1.54) is 7.11 Å². The Morgan fingerprint density at radius 3 is 1.49 bits per heavy atom. The van der Waals surface area contributed by atoms with Crippen molar-refractivity contribution in [1.29, 1.82) is 0 Å². The zero-order chi connectivity index (χ0) is 34.0. The van der Waals surface area contributed by atoms with Crippen molar-refractivity contribution < 1.29 is 85.7 Å². The van der Waals surface area contributed by atoms with Gasteiger partial charge >= 0.3 is 41.8 Å². The van der Waals surface area contributed by atoms with Gasteiger partial charge < -0.3 is 52.1 Å². The lowest BCUT2D eigenvalue weighted by Gasteiger charge is -2.44. The number of ether oxygens (including phenoxy) is 11. The first kappa shape index (κ1) is 37.3. The largest absolute Gasteiger partial charge is 0.463 e. The number of methoxy groups -OCH3 is 1. The molecule has 18 nitrogen and oxygen atoms in total. The molecule has 0 saturated carbocycles. The van der Waals surface area contributed by atoms with Gasteiger partial charge in [0.1, 0.15) is 18.8 Å². The van der Waals surface area contributed by atoms with Crippen molar-refractivity contribution in [2.24, 2.45) is 0 Å². The molecule has 0 spiro atoms. The van der Waals surface area contributed by atoms with Crippen LogP contribution in [0.5, 0.6) is 0 Å². The van der Waals surface area contributed by atoms with Gasteiger partial charge in [-0.25, -0.2) is 0 Å². The molecule has 0 aliphatic carbocycles. The summed E-state index contributed by atoms with van der Waals surface area (Å²) in [6.45, 7) is 6.45. The molecule has 2 rings (SSSR count). The van der Waals surface area contributed by atoms with E-state index in [1.54, 1.807) is 0 Å². The molecule has 0 amide bonds. The van der Waals surface area contributed by atoms with Crippen molar-refractivity contribution in [2.75, 3.05) is 20.3 Å². The number of carbonyl (C=O) groups excluding carboxylic acids is 7. The zero-order valence-corrected chi connectivity index (χ0v) is 26.0. The Morgan fingerprint density at radius 2 is 1.02 bits per heavy atom. The van der Waals surface area contributed by atoms with Gasteiger partial charge in [0.15, 0.2) is 49.2 Å². The molecule has 2 saturated heterocycles. The van der Waals surface area contributed by atoms with Crippen molar-refractivity contribution >= 4 is 41.8 Å². The quantitative estimate of drug-likeness (QED) is 0.177. The maximum atomic E-state index is 12.1. The lowest BCUT2D eigenvalue weighted by molar-refractivity contribution is -0.313. The van der Waals surface area contributed by atoms with Crippen LogP contribution in [0.25, 0.3) is 0 Å². The maximum Gasteiger partial charge on any atom is 0.303 e. The second-order valence-corrected chi connectivity index (χ2v) is 9.90. The van der Waals surface area contributed by atoms with Crippen LogP contribution in [0.1, 0.15) is 48.5 Å². The van der Waals surface area contributed by atoms with Crippen LogP contribution in [-0.4, -0.2) is 124 Å². The number of hydrogen-bond acceptors (Lipinski definition) is 18. The highest BCUT2D eigenvalue weighted by molar-refractivity contribution is 5.69. The zero-order valence-electron chi connectivity index (χ0n) is 26.0. The summed E-state index contributed by atoms with van der Waals surface area (Å²) >= 11 is 0. The van der Waals surface area contributed by atoms with Crippen molar-refractivity contribution in [3.05, 3.63) is 0 Å². The molecule has 0 aromatic rings. The van der Waals surface area contributed by atoms with Crippen LogP contribution in [0.3, 0.4) is 0 Å². The average molecular weight is 651 g/mol. The van der Waals surface area contributed by atoms with Gasteiger partial charge in [-0.15, -0.1) is 0 Å². The number of esters is 7. The fraction of sp³-hybridized carbons (Fsp3) is 0.741. The highest BCUT2D eigenvalue weighted by Crippen LogP contribution is 2.33. The molecule has 0 radical (unpaired) electrons. The van der Waals surface area contributed by atoms with Gasteiger partial charge in [-0.2, -0.15) is 0 Å². The van der Waals surface area contributed by atoms with Crippen LogP contribution in [-0.2, 0) is 85.7 Å². The fourth-order valence-electron chi connectivity index (χ4n) is 4.70. The molecular weight excluding hydrogens is 612 g/mol. The molecule has 2 heterocycles. The third kappa shape index (κ3) is 11.2. The Labute approximate surface area is 258 Å². The lowest BCUT2D eigenvalue weighted by atomic mass is 9.98. The first-order valence-electron chi connectivity index (χ1n) is 13.7. The highest BCUT2D eigenvalue weighted by atomic mass is 16.8. The van der Waals surface area contributed by atoms with Gasteiger partial charge in [0, 0.05) is 55.6 Å². The van der Waals surface area contributed by atoms with E-state index in [1.807, 2.05) is 0 Å². The molecule has 45 heavy (non-hydrogen) atoms. The number of rotatable bonds is 13. The molecule has 2 aliphatic heterocycles. The van der Waals surface area contributed by atoms with Crippen LogP contribution in [0.15, 0.2) is 0 Å². The molecular formula is C27H38O18. The molecule has 6 unspecified atom stereocenters. The van der Waals surface area contributed by atoms with E-state index in [2.05, 4.69) is 0 Å². The van der Waals surface area contributed by atoms with E-state index >= 15 is 0 Å². The second-order valence-electron chi connectivity index (χ2n) is 9.90. The molecule has 0 aromatic carbocycles. The van der Waals surface area contributed by atoms with Crippen LogP contribution in [0.4, 0.5) is 0 Å². The Hall–Kier alpha value is -3.87. The summed E-state index contributed by atoms with van der Waals surface area (Å²) in [4.78, 5) is 83.6. The summed E-state index contributed by atoms with van der Waals surface area (Å²) in [5.41, 5.74) is 0. The van der Waals surface area contributed by atoms with Gasteiger partial charge in [0.2, 0.25) is 0 Å². The van der Waals surface area contributed by atoms with Crippen molar-refractivity contribution in [3.63, 3.8) is 0 Å². The van der Waals surface area contributed by atoms with Crippen molar-refractivity contribution in [3.8, 4) is 0 Å². The normalized spacial score (nSPS) is 29.8. The fourth-order valence-corrected chi connectivity index (χ4v) is 4.70. The summed E-state index contributed by atoms with van der Waals surface area (Å²) in [6, 6.07) is 0. The van der Waals surface area contributed by atoms with Crippen LogP contribution < -0.4 is 0 Å². The summed E-state index contributed by atoms with van der Waals surface area (Å²) in [6.07, 6.45) is -14.1. The molecule has 2 fully saturated rings. The topological polar surface area (TPSA) is 221 Å². The summed E-state index contributed by atoms with van der Waals surface area (Å²) in [5, 5.41) is 0. The predicted molar refractivity (Wildman–Crippen MR) is 140 cm³/mol. The summed E-state index contributed by atoms with van der Waals surface area (Å²) in [7, 11) is 1.24. The average Bonchev–Trinajstić information content (AvgIpc) is 3.22. The van der Waals surface area contributed by atoms with E-state index in [-0.39, 0.29) is 0 Å². The second kappa shape index (κ2) is 17.0. The summed E-state index contributed by atoms with van der Waals surface area (Å²) in [5.74, 6) is -5.62. The van der Waals surface area contributed by atoms with Crippen molar-refractivity contribution in [1.82, 2.24) is 0 Å². The van der Waals surface area contributed by atoms with Gasteiger partial charge in [-0.3, -0.25) is 33.6 Å². The van der Waals surface area contributed by atoms with Crippen molar-refractivity contribution in [2.45, 2.75) is 110 Å². The van der Waals surface area contributed by atoms with Gasteiger partial charge in [0.05, 0.1) is 6.61 Å². The molecule has 0 bridgehead atoms. The Kier molecular flexibility index (Phi) is 14.1. The van der Waals surface area contributed by atoms with E-state index < -0.39 is 116 Å². The third-order valence-electron chi connectivity index (χ3n) is 6.10. The Morgan fingerprint density at radius 1 is 0.556 bits per heavy atom. The summed E-state index contributed by atoms with van der Waals surface area (Å²) < 4.78 is 60.0. The predicted octanol–water partition coefficient (Wildman–Crippen LogP) is -0.747. The first-order chi connectivity index (χ1) is 21.0. The molecule has 0 aromatic heterocycles. The first-order valence-corrected chi connectivity index (χ1v) is 13.7. The smallest absolute Gasteiger partial charge is 0.303 e. The standard InChI is InChI=1S/C27H38O18/c1-11(28)36-9-19-20(39-13(3)30)22(40-14(4)31)25(43-17(7)34)27(44-19)37-10-18(38-12(2)29)21-23(41-15(5)32)24(42-16(6)33)26(35-8)45-21/h18-27H,9-10H2,1-8H3/t18?,19?,20-,21-,22?,23?,24?,25?,26+,27+/m0/s1. The lowest BCUT2D eigenvalue weighted by Crippen LogP contribution is -2.63. The van der Waals surface area contributed by atoms with Gasteiger partial charge in [-0.1, -0.05) is 0 Å². The molecule has 18 heteroatoms. The van der Waals surface area contributed by atoms with Crippen LogP contribution in [0.2, 0.25) is 0 Å². The third-order valence-corrected chi connectivity index (χ3v) is 6.10. The molecule has 10 atom stereocenters.